The Morgan fingerprint density at radius 3 is 2.82 bits per heavy atom. The molecule has 2 aliphatic heterocycles. The van der Waals surface area contributed by atoms with Crippen LogP contribution < -0.4 is 20.5 Å². The molecule has 1 fully saturated rings. The second-order valence-electron chi connectivity index (χ2n) is 5.76. The molecule has 0 radical (unpaired) electrons. The summed E-state index contributed by atoms with van der Waals surface area (Å²) >= 11 is 6.00. The number of carboxylic acid groups (broad SMARTS) is 1. The molecule has 1 saturated heterocycles. The number of ether oxygens (including phenoxy) is 2. The summed E-state index contributed by atoms with van der Waals surface area (Å²) in [6.07, 6.45) is 2.96. The fourth-order valence-corrected chi connectivity index (χ4v) is 3.22. The Morgan fingerprint density at radius 2 is 2.14 bits per heavy atom. The van der Waals surface area contributed by atoms with Crippen molar-refractivity contribution in [2.75, 3.05) is 25.4 Å². The average Bonchev–Trinajstić information content (AvgIpc) is 2.52. The smallest absolute Gasteiger partial charge is 0.339 e. The summed E-state index contributed by atoms with van der Waals surface area (Å²) in [5.41, 5.74) is 6.14. The minimum atomic E-state index is -1.11. The topological polar surface area (TPSA) is 93.8 Å². The van der Waals surface area contributed by atoms with Gasteiger partial charge in [0.25, 0.3) is 0 Å². The summed E-state index contributed by atoms with van der Waals surface area (Å²) in [4.78, 5) is 11.3. The molecule has 2 heterocycles. The predicted molar refractivity (Wildman–Crippen MR) is 82.9 cm³/mol. The molecule has 7 heteroatoms. The van der Waals surface area contributed by atoms with Crippen molar-refractivity contribution in [3.8, 4) is 11.5 Å². The minimum absolute atomic E-state index is 0.0190. The van der Waals surface area contributed by atoms with Crippen LogP contribution in [-0.4, -0.2) is 36.9 Å². The van der Waals surface area contributed by atoms with E-state index >= 15 is 0 Å². The van der Waals surface area contributed by atoms with Gasteiger partial charge in [-0.2, -0.15) is 0 Å². The molecule has 4 N–H and O–H groups in total. The lowest BCUT2D eigenvalue weighted by Crippen LogP contribution is -2.35. The quantitative estimate of drug-likeness (QED) is 0.737. The summed E-state index contributed by atoms with van der Waals surface area (Å²) in [7, 11) is 0. The number of nitrogen functional groups attached to an aromatic ring is 1. The Balaban J connectivity index is 1.81. The fraction of sp³-hybridized carbons (Fsp3) is 0.533. The van der Waals surface area contributed by atoms with E-state index < -0.39 is 5.97 Å². The number of carbonyl (C=O) groups is 1. The molecule has 22 heavy (non-hydrogen) atoms. The molecule has 0 bridgehead atoms. The van der Waals surface area contributed by atoms with Crippen LogP contribution >= 0.6 is 11.6 Å². The van der Waals surface area contributed by atoms with E-state index in [1.54, 1.807) is 0 Å². The van der Waals surface area contributed by atoms with Gasteiger partial charge >= 0.3 is 5.97 Å². The van der Waals surface area contributed by atoms with Crippen molar-refractivity contribution in [1.29, 1.82) is 0 Å². The molecule has 1 aromatic carbocycles. The second kappa shape index (κ2) is 6.22. The van der Waals surface area contributed by atoms with Crippen LogP contribution in [0.3, 0.4) is 0 Å². The van der Waals surface area contributed by atoms with E-state index in [9.17, 15) is 9.90 Å². The highest BCUT2D eigenvalue weighted by molar-refractivity contribution is 6.34. The Kier molecular flexibility index (Phi) is 4.31. The van der Waals surface area contributed by atoms with E-state index in [0.29, 0.717) is 12.5 Å². The van der Waals surface area contributed by atoms with E-state index in [1.165, 1.54) is 6.07 Å². The zero-order chi connectivity index (χ0) is 15.7. The highest BCUT2D eigenvalue weighted by atomic mass is 35.5. The number of carboxylic acids is 1. The third-order valence-corrected chi connectivity index (χ3v) is 4.52. The van der Waals surface area contributed by atoms with Crippen LogP contribution in [0, 0.1) is 5.92 Å². The number of halogens is 1. The Hall–Kier alpha value is -1.66. The van der Waals surface area contributed by atoms with Crippen LogP contribution in [0.25, 0.3) is 0 Å². The van der Waals surface area contributed by atoms with Gasteiger partial charge in [0.15, 0.2) is 11.5 Å². The molecule has 1 atom stereocenters. The van der Waals surface area contributed by atoms with E-state index in [-0.39, 0.29) is 33.9 Å². The molecule has 3 rings (SSSR count). The number of rotatable bonds is 3. The molecule has 1 unspecified atom stereocenters. The van der Waals surface area contributed by atoms with Gasteiger partial charge in [0.1, 0.15) is 18.3 Å². The van der Waals surface area contributed by atoms with Gasteiger partial charge in [-0.1, -0.05) is 11.6 Å². The Labute approximate surface area is 133 Å². The standard InChI is InChI=1S/C15H19ClN2O4/c16-11-6-10(15(19)20)13-14(12(11)17)22-9(7-21-13)5-8-1-3-18-4-2-8/h6,8-9,18H,1-5,7,17H2,(H,19,20). The number of aromatic carboxylic acids is 1. The van der Waals surface area contributed by atoms with E-state index in [2.05, 4.69) is 5.32 Å². The van der Waals surface area contributed by atoms with Crippen molar-refractivity contribution >= 4 is 23.3 Å². The van der Waals surface area contributed by atoms with Gasteiger partial charge in [-0.05, 0) is 44.3 Å². The number of nitrogens with one attached hydrogen (secondary N) is 1. The minimum Gasteiger partial charge on any atom is -0.485 e. The lowest BCUT2D eigenvalue weighted by atomic mass is 9.92. The number of nitrogens with two attached hydrogens (primary N) is 1. The first-order chi connectivity index (χ1) is 10.6. The first kappa shape index (κ1) is 15.2. The molecule has 0 amide bonds. The maximum absolute atomic E-state index is 11.3. The zero-order valence-corrected chi connectivity index (χ0v) is 12.9. The van der Waals surface area contributed by atoms with Crippen molar-refractivity contribution in [3.63, 3.8) is 0 Å². The average molecular weight is 327 g/mol. The van der Waals surface area contributed by atoms with Gasteiger partial charge in [0.2, 0.25) is 0 Å². The molecule has 6 nitrogen and oxygen atoms in total. The van der Waals surface area contributed by atoms with Gasteiger partial charge in [0.05, 0.1) is 10.7 Å². The number of anilines is 1. The van der Waals surface area contributed by atoms with Gasteiger partial charge in [-0.15, -0.1) is 0 Å². The Morgan fingerprint density at radius 1 is 1.41 bits per heavy atom. The van der Waals surface area contributed by atoms with Crippen LogP contribution in [0.5, 0.6) is 11.5 Å². The maximum atomic E-state index is 11.3. The van der Waals surface area contributed by atoms with Gasteiger partial charge in [-0.25, -0.2) is 4.79 Å². The molecule has 2 aliphatic rings. The highest BCUT2D eigenvalue weighted by Gasteiger charge is 2.31. The zero-order valence-electron chi connectivity index (χ0n) is 12.1. The van der Waals surface area contributed by atoms with Crippen molar-refractivity contribution < 1.29 is 19.4 Å². The normalized spacial score (nSPS) is 21.6. The molecular weight excluding hydrogens is 308 g/mol. The summed E-state index contributed by atoms with van der Waals surface area (Å²) < 4.78 is 11.6. The number of fused-ring (bicyclic) bond motifs is 1. The molecule has 0 saturated carbocycles. The van der Waals surface area contributed by atoms with E-state index in [4.69, 9.17) is 26.8 Å². The number of piperidine rings is 1. The first-order valence-electron chi connectivity index (χ1n) is 7.41. The number of hydrogen-bond donors (Lipinski definition) is 3. The van der Waals surface area contributed by atoms with Crippen LogP contribution in [0.15, 0.2) is 6.07 Å². The highest BCUT2D eigenvalue weighted by Crippen LogP contribution is 2.45. The maximum Gasteiger partial charge on any atom is 0.339 e. The third-order valence-electron chi connectivity index (χ3n) is 4.21. The molecule has 0 aromatic heterocycles. The Bertz CT molecular complexity index is 587. The van der Waals surface area contributed by atoms with E-state index in [0.717, 1.165) is 32.4 Å². The summed E-state index contributed by atoms with van der Waals surface area (Å²) in [6.45, 7) is 2.37. The van der Waals surface area contributed by atoms with Crippen LogP contribution in [-0.2, 0) is 0 Å². The van der Waals surface area contributed by atoms with Gasteiger partial charge in [-0.3, -0.25) is 0 Å². The van der Waals surface area contributed by atoms with Gasteiger partial charge in [0, 0.05) is 0 Å². The van der Waals surface area contributed by atoms with E-state index in [1.807, 2.05) is 0 Å². The summed E-state index contributed by atoms with van der Waals surface area (Å²) in [5.74, 6) is -0.0969. The largest absolute Gasteiger partial charge is 0.485 e. The van der Waals surface area contributed by atoms with Crippen LogP contribution in [0.2, 0.25) is 5.02 Å². The van der Waals surface area contributed by atoms with Crippen molar-refractivity contribution in [3.05, 3.63) is 16.7 Å². The summed E-state index contributed by atoms with van der Waals surface area (Å²) in [6, 6.07) is 1.30. The second-order valence-corrected chi connectivity index (χ2v) is 6.17. The lowest BCUT2D eigenvalue weighted by molar-refractivity contribution is 0.0602. The molecule has 0 aliphatic carbocycles. The van der Waals surface area contributed by atoms with Gasteiger partial charge < -0.3 is 25.6 Å². The lowest BCUT2D eigenvalue weighted by Gasteiger charge is -2.32. The monoisotopic (exact) mass is 326 g/mol. The van der Waals surface area contributed by atoms with Crippen molar-refractivity contribution in [2.45, 2.75) is 25.4 Å². The van der Waals surface area contributed by atoms with Crippen molar-refractivity contribution in [2.24, 2.45) is 5.92 Å². The first-order valence-corrected chi connectivity index (χ1v) is 7.79. The molecule has 1 aromatic rings. The molecule has 0 spiro atoms. The van der Waals surface area contributed by atoms with Crippen molar-refractivity contribution in [1.82, 2.24) is 5.32 Å². The summed E-state index contributed by atoms with van der Waals surface area (Å²) in [5, 5.41) is 12.7. The third kappa shape index (κ3) is 2.94. The molecular formula is C15H19ClN2O4. The predicted octanol–water partition coefficient (Wildman–Crippen LogP) is 2.15. The number of hydrogen-bond acceptors (Lipinski definition) is 5. The van der Waals surface area contributed by atoms with Crippen LogP contribution in [0.1, 0.15) is 29.6 Å². The SMILES string of the molecule is Nc1c(Cl)cc(C(=O)O)c2c1OC(CC1CCNCC1)CO2. The fourth-order valence-electron chi connectivity index (χ4n) is 3.02. The number of benzene rings is 1. The molecule has 120 valence electrons. The van der Waals surface area contributed by atoms with Crippen LogP contribution in [0.4, 0.5) is 5.69 Å².